The smallest absolute Gasteiger partial charge is 0.264 e. The predicted octanol–water partition coefficient (Wildman–Crippen LogP) is 4.44. The highest BCUT2D eigenvalue weighted by Gasteiger charge is 2.34. The third-order valence-electron chi connectivity index (χ3n) is 7.73. The first kappa shape index (κ1) is 29.4. The van der Waals surface area contributed by atoms with Crippen LogP contribution in [0.3, 0.4) is 0 Å². The molecular formula is C32H37N3O6S. The fourth-order valence-electron chi connectivity index (χ4n) is 5.42. The van der Waals surface area contributed by atoms with Gasteiger partial charge in [0.25, 0.3) is 10.0 Å². The summed E-state index contributed by atoms with van der Waals surface area (Å²) in [5, 5.41) is 3.09. The average molecular weight is 592 g/mol. The molecule has 0 unspecified atom stereocenters. The van der Waals surface area contributed by atoms with Crippen LogP contribution in [-0.2, 0) is 26.2 Å². The van der Waals surface area contributed by atoms with Crippen LogP contribution in [0, 0.1) is 6.92 Å². The fourth-order valence-corrected chi connectivity index (χ4v) is 6.84. The van der Waals surface area contributed by atoms with E-state index < -0.39 is 28.5 Å². The number of sulfonamides is 1. The number of nitrogens with one attached hydrogen (secondary N) is 1. The number of fused-ring (bicyclic) bond motifs is 1. The summed E-state index contributed by atoms with van der Waals surface area (Å²) in [6.45, 7) is 4.02. The first-order valence-corrected chi connectivity index (χ1v) is 15.8. The lowest BCUT2D eigenvalue weighted by molar-refractivity contribution is -0.139. The van der Waals surface area contributed by atoms with Gasteiger partial charge in [-0.2, -0.15) is 0 Å². The van der Waals surface area contributed by atoms with E-state index >= 15 is 0 Å². The fraction of sp³-hybridized carbons (Fsp3) is 0.375. The van der Waals surface area contributed by atoms with Gasteiger partial charge in [0, 0.05) is 18.7 Å². The van der Waals surface area contributed by atoms with Gasteiger partial charge in [-0.05, 0) is 56.5 Å². The first-order chi connectivity index (χ1) is 20.2. The van der Waals surface area contributed by atoms with Crippen molar-refractivity contribution in [3.63, 3.8) is 0 Å². The minimum atomic E-state index is -4.16. The molecule has 0 saturated heterocycles. The molecule has 1 N–H and O–H groups in total. The van der Waals surface area contributed by atoms with Crippen molar-refractivity contribution in [2.24, 2.45) is 0 Å². The molecule has 1 heterocycles. The second kappa shape index (κ2) is 12.9. The molecule has 0 radical (unpaired) electrons. The number of carbonyl (C=O) groups is 2. The number of benzene rings is 3. The van der Waals surface area contributed by atoms with Crippen molar-refractivity contribution < 1.29 is 27.5 Å². The molecule has 0 bridgehead atoms. The minimum absolute atomic E-state index is 0.0462. The molecule has 42 heavy (non-hydrogen) atoms. The van der Waals surface area contributed by atoms with E-state index in [2.05, 4.69) is 5.32 Å². The number of amides is 2. The highest BCUT2D eigenvalue weighted by atomic mass is 32.2. The third kappa shape index (κ3) is 6.70. The number of carbonyl (C=O) groups excluding carboxylic acids is 2. The van der Waals surface area contributed by atoms with Crippen LogP contribution in [0.2, 0.25) is 0 Å². The number of anilines is 1. The Hall–Kier alpha value is -4.05. The summed E-state index contributed by atoms with van der Waals surface area (Å²) in [4.78, 5) is 29.0. The molecule has 1 atom stereocenters. The van der Waals surface area contributed by atoms with Crippen LogP contribution in [0.4, 0.5) is 5.69 Å². The predicted molar refractivity (Wildman–Crippen MR) is 160 cm³/mol. The SMILES string of the molecule is Cc1cccc(CN(C(=O)CN(c2ccc3c(c2)OCCO3)S(=O)(=O)c2ccccc2)[C@H](C)C(=O)NC2CCCC2)c1. The number of hydrogen-bond donors (Lipinski definition) is 1. The molecule has 0 spiro atoms. The lowest BCUT2D eigenvalue weighted by atomic mass is 10.1. The van der Waals surface area contributed by atoms with E-state index in [1.54, 1.807) is 43.3 Å². The van der Waals surface area contributed by atoms with Gasteiger partial charge < -0.3 is 19.7 Å². The second-order valence-corrected chi connectivity index (χ2v) is 12.7. The van der Waals surface area contributed by atoms with Crippen molar-refractivity contribution in [1.82, 2.24) is 10.2 Å². The second-order valence-electron chi connectivity index (χ2n) is 10.8. The van der Waals surface area contributed by atoms with Gasteiger partial charge in [-0.25, -0.2) is 8.42 Å². The summed E-state index contributed by atoms with van der Waals surface area (Å²) < 4.78 is 40.4. The van der Waals surface area contributed by atoms with Crippen LogP contribution in [0.5, 0.6) is 11.5 Å². The lowest BCUT2D eigenvalue weighted by Crippen LogP contribution is -2.52. The normalized spacial score (nSPS) is 15.6. The molecular weight excluding hydrogens is 554 g/mol. The van der Waals surface area contributed by atoms with E-state index in [4.69, 9.17) is 9.47 Å². The van der Waals surface area contributed by atoms with Crippen LogP contribution >= 0.6 is 0 Å². The lowest BCUT2D eigenvalue weighted by Gasteiger charge is -2.33. The van der Waals surface area contributed by atoms with E-state index in [0.717, 1.165) is 41.1 Å². The number of aryl methyl sites for hydroxylation is 1. The largest absolute Gasteiger partial charge is 0.486 e. The summed E-state index contributed by atoms with van der Waals surface area (Å²) in [5.41, 5.74) is 2.13. The molecule has 1 saturated carbocycles. The van der Waals surface area contributed by atoms with E-state index in [1.165, 1.54) is 17.0 Å². The summed E-state index contributed by atoms with van der Waals surface area (Å²) in [5.74, 6) is 0.159. The van der Waals surface area contributed by atoms with Crippen molar-refractivity contribution in [2.45, 2.75) is 63.1 Å². The molecule has 222 valence electrons. The van der Waals surface area contributed by atoms with Crippen molar-refractivity contribution in [1.29, 1.82) is 0 Å². The maximum atomic E-state index is 14.1. The van der Waals surface area contributed by atoms with Gasteiger partial charge in [0.05, 0.1) is 10.6 Å². The Morgan fingerprint density at radius 1 is 0.929 bits per heavy atom. The minimum Gasteiger partial charge on any atom is -0.486 e. The number of ether oxygens (including phenoxy) is 2. The van der Waals surface area contributed by atoms with Crippen LogP contribution in [0.25, 0.3) is 0 Å². The summed E-state index contributed by atoms with van der Waals surface area (Å²) in [6.07, 6.45) is 3.95. The number of hydrogen-bond acceptors (Lipinski definition) is 6. The molecule has 2 amide bonds. The molecule has 2 aliphatic rings. The maximum absolute atomic E-state index is 14.1. The molecule has 9 nitrogen and oxygen atoms in total. The van der Waals surface area contributed by atoms with Crippen molar-refractivity contribution in [3.05, 3.63) is 83.9 Å². The van der Waals surface area contributed by atoms with Gasteiger partial charge in [-0.15, -0.1) is 0 Å². The van der Waals surface area contributed by atoms with Gasteiger partial charge in [0.2, 0.25) is 11.8 Å². The van der Waals surface area contributed by atoms with E-state index in [1.807, 2.05) is 31.2 Å². The van der Waals surface area contributed by atoms with Crippen LogP contribution in [-0.4, -0.2) is 57.0 Å². The standard InChI is InChI=1S/C32H37N3O6S/c1-23-9-8-10-25(19-23)21-34(24(2)32(37)33-26-11-6-7-12-26)31(36)22-35(42(38,39)28-13-4-3-5-14-28)27-15-16-29-30(20-27)41-18-17-40-29/h3-5,8-10,13-16,19-20,24,26H,6-7,11-12,17-18,21-22H2,1-2H3,(H,33,37)/t24-/m1/s1. The molecule has 10 heteroatoms. The van der Waals surface area contributed by atoms with Gasteiger partial charge in [-0.3, -0.25) is 13.9 Å². The van der Waals surface area contributed by atoms with Crippen LogP contribution in [0.15, 0.2) is 77.7 Å². The Labute approximate surface area is 247 Å². The van der Waals surface area contributed by atoms with Crippen molar-refractivity contribution in [3.8, 4) is 11.5 Å². The van der Waals surface area contributed by atoms with E-state index in [9.17, 15) is 18.0 Å². The molecule has 5 rings (SSSR count). The highest BCUT2D eigenvalue weighted by molar-refractivity contribution is 7.92. The zero-order valence-electron chi connectivity index (χ0n) is 24.0. The third-order valence-corrected chi connectivity index (χ3v) is 9.52. The Morgan fingerprint density at radius 2 is 1.64 bits per heavy atom. The molecule has 3 aromatic carbocycles. The van der Waals surface area contributed by atoms with Gasteiger partial charge in [0.1, 0.15) is 25.8 Å². The van der Waals surface area contributed by atoms with Crippen molar-refractivity contribution in [2.75, 3.05) is 24.1 Å². The summed E-state index contributed by atoms with van der Waals surface area (Å²) >= 11 is 0. The number of nitrogens with zero attached hydrogens (tertiary/aromatic N) is 2. The Balaban J connectivity index is 1.49. The zero-order valence-corrected chi connectivity index (χ0v) is 24.8. The van der Waals surface area contributed by atoms with E-state index in [0.29, 0.717) is 24.7 Å². The Bertz CT molecular complexity index is 1520. The molecule has 0 aromatic heterocycles. The monoisotopic (exact) mass is 591 g/mol. The van der Waals surface area contributed by atoms with Crippen LogP contribution in [0.1, 0.15) is 43.7 Å². The average Bonchev–Trinajstić information content (AvgIpc) is 3.51. The quantitative estimate of drug-likeness (QED) is 0.374. The number of rotatable bonds is 10. The zero-order chi connectivity index (χ0) is 29.7. The van der Waals surface area contributed by atoms with Gasteiger partial charge >= 0.3 is 0 Å². The molecule has 3 aromatic rings. The first-order valence-electron chi connectivity index (χ1n) is 14.4. The molecule has 1 fully saturated rings. The Kier molecular flexibility index (Phi) is 9.01. The van der Waals surface area contributed by atoms with Gasteiger partial charge in [0.15, 0.2) is 11.5 Å². The summed E-state index contributed by atoms with van der Waals surface area (Å²) in [7, 11) is -4.16. The van der Waals surface area contributed by atoms with Crippen molar-refractivity contribution >= 4 is 27.5 Å². The molecule has 1 aliphatic carbocycles. The molecule has 1 aliphatic heterocycles. The topological polar surface area (TPSA) is 105 Å². The van der Waals surface area contributed by atoms with Gasteiger partial charge in [-0.1, -0.05) is 60.9 Å². The highest BCUT2D eigenvalue weighted by Crippen LogP contribution is 2.36. The maximum Gasteiger partial charge on any atom is 0.264 e. The summed E-state index contributed by atoms with van der Waals surface area (Å²) in [6, 6.07) is 19.8. The van der Waals surface area contributed by atoms with E-state index in [-0.39, 0.29) is 29.1 Å². The van der Waals surface area contributed by atoms with Crippen LogP contribution < -0.4 is 19.1 Å². The Morgan fingerprint density at radius 3 is 2.36 bits per heavy atom.